The van der Waals surface area contributed by atoms with Gasteiger partial charge >= 0.3 is 0 Å². The topological polar surface area (TPSA) is 52.0 Å². The summed E-state index contributed by atoms with van der Waals surface area (Å²) in [4.78, 5) is 4.48. The fourth-order valence-corrected chi connectivity index (χ4v) is 4.40. The highest BCUT2D eigenvalue weighted by atomic mass is 79.9. The summed E-state index contributed by atoms with van der Waals surface area (Å²) in [7, 11) is -3.79. The number of aryl methyl sites for hydroxylation is 1. The van der Waals surface area contributed by atoms with Gasteiger partial charge in [0.1, 0.15) is 0 Å². The van der Waals surface area contributed by atoms with E-state index in [9.17, 15) is 8.42 Å². The Hall–Kier alpha value is -1.63. The first-order valence-electron chi connectivity index (χ1n) is 7.16. The second-order valence-electron chi connectivity index (χ2n) is 5.31. The number of rotatable bonds is 3. The van der Waals surface area contributed by atoms with Gasteiger partial charge in [-0.15, -0.1) is 0 Å². The maximum absolute atomic E-state index is 13.1. The van der Waals surface area contributed by atoms with E-state index in [0.717, 1.165) is 5.56 Å². The summed E-state index contributed by atoms with van der Waals surface area (Å²) in [6.45, 7) is 3.73. The van der Waals surface area contributed by atoms with Crippen molar-refractivity contribution in [1.29, 1.82) is 0 Å². The third-order valence-electron chi connectivity index (χ3n) is 3.60. The monoisotopic (exact) mass is 424 g/mol. The molecule has 0 fully saturated rings. The molecule has 124 valence electrons. The van der Waals surface area contributed by atoms with Gasteiger partial charge in [-0.05, 0) is 54.1 Å². The summed E-state index contributed by atoms with van der Waals surface area (Å²) in [5.41, 5.74) is 1.79. The van der Waals surface area contributed by atoms with Crippen LogP contribution in [0.25, 0.3) is 17.1 Å². The summed E-state index contributed by atoms with van der Waals surface area (Å²) in [6, 6.07) is 8.45. The van der Waals surface area contributed by atoms with Gasteiger partial charge in [0.2, 0.25) is 0 Å². The van der Waals surface area contributed by atoms with Crippen molar-refractivity contribution < 1.29 is 8.42 Å². The molecule has 0 amide bonds. The van der Waals surface area contributed by atoms with Gasteiger partial charge in [0.25, 0.3) is 10.0 Å². The van der Waals surface area contributed by atoms with Crippen LogP contribution >= 0.6 is 27.5 Å². The van der Waals surface area contributed by atoms with Crippen LogP contribution < -0.4 is 0 Å². The maximum atomic E-state index is 13.1. The Morgan fingerprint density at radius 1 is 1.25 bits per heavy atom. The largest absolute Gasteiger partial charge is 0.269 e. The van der Waals surface area contributed by atoms with Gasteiger partial charge in [-0.3, -0.25) is 0 Å². The third kappa shape index (κ3) is 2.79. The van der Waals surface area contributed by atoms with Gasteiger partial charge in [0.05, 0.1) is 20.1 Å². The SMILES string of the molecule is C/C=C/c1cc2c(Cl)c(Br)cnc2n1S(=O)(=O)c1ccc(C)cc1. The maximum Gasteiger partial charge on any atom is 0.269 e. The minimum Gasteiger partial charge on any atom is -0.236 e. The minimum absolute atomic E-state index is 0.206. The summed E-state index contributed by atoms with van der Waals surface area (Å²) >= 11 is 9.63. The molecule has 0 saturated carbocycles. The number of halogens is 2. The van der Waals surface area contributed by atoms with Gasteiger partial charge in [-0.1, -0.05) is 35.4 Å². The van der Waals surface area contributed by atoms with E-state index in [-0.39, 0.29) is 4.90 Å². The molecule has 0 unspecified atom stereocenters. The number of hydrogen-bond donors (Lipinski definition) is 0. The van der Waals surface area contributed by atoms with Crippen LogP contribution in [0.2, 0.25) is 5.02 Å². The highest BCUT2D eigenvalue weighted by Crippen LogP contribution is 2.34. The first-order chi connectivity index (χ1) is 11.4. The van der Waals surface area contributed by atoms with Crippen molar-refractivity contribution in [1.82, 2.24) is 8.96 Å². The van der Waals surface area contributed by atoms with E-state index in [1.54, 1.807) is 42.5 Å². The fraction of sp³-hybridized carbons (Fsp3) is 0.118. The van der Waals surface area contributed by atoms with Crippen LogP contribution in [-0.2, 0) is 10.0 Å². The van der Waals surface area contributed by atoms with Crippen LogP contribution in [0.15, 0.2) is 52.0 Å². The average Bonchev–Trinajstić information content (AvgIpc) is 2.91. The van der Waals surface area contributed by atoms with Crippen molar-refractivity contribution >= 4 is 54.7 Å². The first-order valence-corrected chi connectivity index (χ1v) is 9.77. The molecule has 0 bridgehead atoms. The molecule has 1 aromatic carbocycles. The van der Waals surface area contributed by atoms with E-state index in [0.29, 0.717) is 26.2 Å². The van der Waals surface area contributed by atoms with Crippen LogP contribution in [0, 0.1) is 6.92 Å². The average molecular weight is 426 g/mol. The molecule has 2 heterocycles. The Morgan fingerprint density at radius 3 is 2.54 bits per heavy atom. The van der Waals surface area contributed by atoms with Crippen molar-refractivity contribution in [3.05, 3.63) is 63.4 Å². The standard InChI is InChI=1S/C17H14BrClN2O2S/c1-3-4-12-9-14-16(19)15(18)10-20-17(14)21(12)24(22,23)13-7-5-11(2)6-8-13/h3-10H,1-2H3/b4-3+. The molecule has 4 nitrogen and oxygen atoms in total. The number of aromatic nitrogens is 2. The van der Waals surface area contributed by atoms with Crippen LogP contribution in [0.5, 0.6) is 0 Å². The number of hydrogen-bond acceptors (Lipinski definition) is 3. The zero-order chi connectivity index (χ0) is 17.5. The van der Waals surface area contributed by atoms with Crippen molar-refractivity contribution in [3.8, 4) is 0 Å². The predicted molar refractivity (Wildman–Crippen MR) is 101 cm³/mol. The Labute approximate surface area is 154 Å². The lowest BCUT2D eigenvalue weighted by atomic mass is 10.2. The summed E-state index contributed by atoms with van der Waals surface area (Å²) in [5, 5.41) is 1.01. The van der Waals surface area contributed by atoms with Gasteiger partial charge in [0.15, 0.2) is 5.65 Å². The number of nitrogens with zero attached hydrogens (tertiary/aromatic N) is 2. The molecule has 0 aliphatic heterocycles. The van der Waals surface area contributed by atoms with E-state index in [2.05, 4.69) is 20.9 Å². The molecule has 0 aliphatic rings. The number of allylic oxidation sites excluding steroid dienone is 1. The molecule has 0 aliphatic carbocycles. The van der Waals surface area contributed by atoms with Crippen LogP contribution in [-0.4, -0.2) is 17.4 Å². The van der Waals surface area contributed by atoms with E-state index in [4.69, 9.17) is 11.6 Å². The Morgan fingerprint density at radius 2 is 1.92 bits per heavy atom. The van der Waals surface area contributed by atoms with Gasteiger partial charge in [-0.25, -0.2) is 17.4 Å². The van der Waals surface area contributed by atoms with Crippen molar-refractivity contribution in [2.24, 2.45) is 0 Å². The normalized spacial score (nSPS) is 12.3. The smallest absolute Gasteiger partial charge is 0.236 e. The molecule has 0 atom stereocenters. The van der Waals surface area contributed by atoms with Crippen molar-refractivity contribution in [2.75, 3.05) is 0 Å². The van der Waals surface area contributed by atoms with Gasteiger partial charge in [-0.2, -0.15) is 0 Å². The van der Waals surface area contributed by atoms with Gasteiger partial charge < -0.3 is 0 Å². The second-order valence-corrected chi connectivity index (χ2v) is 8.33. The highest BCUT2D eigenvalue weighted by molar-refractivity contribution is 9.10. The van der Waals surface area contributed by atoms with Crippen molar-refractivity contribution in [2.45, 2.75) is 18.7 Å². The number of benzene rings is 1. The molecule has 0 N–H and O–H groups in total. The van der Waals surface area contributed by atoms with Crippen LogP contribution in [0.4, 0.5) is 0 Å². The summed E-state index contributed by atoms with van der Waals surface area (Å²) in [6.07, 6.45) is 5.00. The molecule has 0 spiro atoms. The molecule has 2 aromatic heterocycles. The lowest BCUT2D eigenvalue weighted by Crippen LogP contribution is -2.15. The van der Waals surface area contributed by atoms with Gasteiger partial charge in [0, 0.05) is 11.6 Å². The summed E-state index contributed by atoms with van der Waals surface area (Å²) in [5.74, 6) is 0. The number of fused-ring (bicyclic) bond motifs is 1. The van der Waals surface area contributed by atoms with Crippen molar-refractivity contribution in [3.63, 3.8) is 0 Å². The minimum atomic E-state index is -3.79. The summed E-state index contributed by atoms with van der Waals surface area (Å²) < 4.78 is 28.1. The van der Waals surface area contributed by atoms with Crippen LogP contribution in [0.1, 0.15) is 18.2 Å². The molecular formula is C17H14BrClN2O2S. The zero-order valence-corrected chi connectivity index (χ0v) is 16.2. The second kappa shape index (κ2) is 6.35. The lowest BCUT2D eigenvalue weighted by molar-refractivity contribution is 0.588. The molecule has 7 heteroatoms. The predicted octanol–water partition coefficient (Wildman–Crippen LogP) is 5.03. The molecule has 3 rings (SSSR count). The Bertz CT molecular complexity index is 1050. The van der Waals surface area contributed by atoms with E-state index in [1.807, 2.05) is 13.8 Å². The Kier molecular flexibility index (Phi) is 4.55. The zero-order valence-electron chi connectivity index (χ0n) is 13.0. The first kappa shape index (κ1) is 17.2. The Balaban J connectivity index is 2.37. The lowest BCUT2D eigenvalue weighted by Gasteiger charge is -2.10. The molecule has 0 saturated heterocycles. The molecule has 3 aromatic rings. The highest BCUT2D eigenvalue weighted by Gasteiger charge is 2.24. The quantitative estimate of drug-likeness (QED) is 0.591. The van der Waals surface area contributed by atoms with Crippen LogP contribution in [0.3, 0.4) is 0 Å². The van der Waals surface area contributed by atoms with E-state index in [1.165, 1.54) is 10.2 Å². The third-order valence-corrected chi connectivity index (χ3v) is 6.57. The fourth-order valence-electron chi connectivity index (χ4n) is 2.44. The number of pyridine rings is 1. The molecule has 24 heavy (non-hydrogen) atoms. The molecular weight excluding hydrogens is 412 g/mol. The van der Waals surface area contributed by atoms with E-state index >= 15 is 0 Å². The van der Waals surface area contributed by atoms with E-state index < -0.39 is 10.0 Å². The molecule has 0 radical (unpaired) electrons.